The van der Waals surface area contributed by atoms with Gasteiger partial charge in [-0.15, -0.1) is 0 Å². The summed E-state index contributed by atoms with van der Waals surface area (Å²) >= 11 is 3.82. The summed E-state index contributed by atoms with van der Waals surface area (Å²) in [6, 6.07) is -4.40. The summed E-state index contributed by atoms with van der Waals surface area (Å²) in [7, 11) is 0. The minimum absolute atomic E-state index is 0.239. The average molecular weight is 351 g/mol. The Morgan fingerprint density at radius 3 is 1.74 bits per heavy atom. The van der Waals surface area contributed by atoms with Gasteiger partial charge in [0, 0.05) is 5.75 Å². The van der Waals surface area contributed by atoms with E-state index < -0.39 is 60.7 Å². The highest BCUT2D eigenvalue weighted by Crippen LogP contribution is 1.98. The molecule has 0 aliphatic carbocycles. The van der Waals surface area contributed by atoms with E-state index in [-0.39, 0.29) is 5.75 Å². The second-order valence-corrected chi connectivity index (χ2v) is 4.81. The van der Waals surface area contributed by atoms with Crippen LogP contribution in [0.4, 0.5) is 0 Å². The van der Waals surface area contributed by atoms with E-state index in [2.05, 4.69) is 17.9 Å². The number of aliphatic carboxylic acids is 3. The Hall–Kier alpha value is -2.34. The van der Waals surface area contributed by atoms with E-state index in [9.17, 15) is 24.0 Å². The number of thiol groups is 1. The number of carbonyl (C=O) groups is 5. The molecule has 0 spiro atoms. The van der Waals surface area contributed by atoms with E-state index in [0.29, 0.717) is 0 Å². The first-order chi connectivity index (χ1) is 10.6. The summed E-state index contributed by atoms with van der Waals surface area (Å²) in [4.78, 5) is 55.3. The van der Waals surface area contributed by atoms with Gasteiger partial charge >= 0.3 is 17.9 Å². The van der Waals surface area contributed by atoms with Gasteiger partial charge in [0.2, 0.25) is 11.8 Å². The highest BCUT2D eigenvalue weighted by Gasteiger charge is 2.28. The normalized spacial score (nSPS) is 14.2. The molecule has 0 aromatic rings. The zero-order valence-corrected chi connectivity index (χ0v) is 12.7. The summed E-state index contributed by atoms with van der Waals surface area (Å²) in [5, 5.41) is 30.0. The van der Waals surface area contributed by atoms with Gasteiger partial charge in [0.15, 0.2) is 0 Å². The molecule has 0 fully saturated rings. The molecular weight excluding hydrogens is 334 g/mol. The van der Waals surface area contributed by atoms with E-state index >= 15 is 0 Å². The van der Waals surface area contributed by atoms with Gasteiger partial charge in [0.05, 0.1) is 18.9 Å². The zero-order chi connectivity index (χ0) is 18.2. The van der Waals surface area contributed by atoms with Gasteiger partial charge in [-0.2, -0.15) is 12.6 Å². The van der Waals surface area contributed by atoms with Crippen LogP contribution in [-0.2, 0) is 24.0 Å². The molecule has 11 nitrogen and oxygen atoms in total. The van der Waals surface area contributed by atoms with Crippen molar-refractivity contribution < 1.29 is 39.3 Å². The second-order valence-electron chi connectivity index (χ2n) is 4.45. The summed E-state index contributed by atoms with van der Waals surface area (Å²) in [6.45, 7) is 0. The molecule has 0 radical (unpaired) electrons. The van der Waals surface area contributed by atoms with Crippen molar-refractivity contribution in [2.75, 3.05) is 5.75 Å². The van der Waals surface area contributed by atoms with Gasteiger partial charge < -0.3 is 31.7 Å². The third-order valence-corrected chi connectivity index (χ3v) is 2.91. The smallest absolute Gasteiger partial charge is 0.326 e. The van der Waals surface area contributed by atoms with Crippen molar-refractivity contribution in [1.29, 1.82) is 0 Å². The Morgan fingerprint density at radius 1 is 0.870 bits per heavy atom. The number of nitrogens with two attached hydrogens (primary N) is 1. The SMILES string of the molecule is NC(CC(=O)O)C(=O)NC(CS)C(=O)NC(CC(=O)O)C(=O)O. The fourth-order valence-electron chi connectivity index (χ4n) is 1.40. The molecule has 3 atom stereocenters. The van der Waals surface area contributed by atoms with Crippen LogP contribution in [0.15, 0.2) is 0 Å². The van der Waals surface area contributed by atoms with Crippen LogP contribution < -0.4 is 16.4 Å². The zero-order valence-electron chi connectivity index (χ0n) is 11.8. The van der Waals surface area contributed by atoms with Crippen LogP contribution in [0.3, 0.4) is 0 Å². The topological polar surface area (TPSA) is 196 Å². The van der Waals surface area contributed by atoms with Crippen LogP contribution >= 0.6 is 12.6 Å². The van der Waals surface area contributed by atoms with Crippen LogP contribution in [0, 0.1) is 0 Å². The van der Waals surface area contributed by atoms with Crippen molar-refractivity contribution in [2.24, 2.45) is 5.73 Å². The lowest BCUT2D eigenvalue weighted by molar-refractivity contribution is -0.147. The lowest BCUT2D eigenvalue weighted by Gasteiger charge is -2.20. The number of carbonyl (C=O) groups excluding carboxylic acids is 2. The number of carboxylic acids is 3. The minimum atomic E-state index is -1.69. The molecule has 0 aliphatic rings. The second kappa shape index (κ2) is 9.63. The first kappa shape index (κ1) is 20.7. The predicted octanol–water partition coefficient (Wildman–Crippen LogP) is -2.75. The Balaban J connectivity index is 4.78. The standard InChI is InChI=1S/C11H17N3O8S/c12-4(1-7(15)16)9(19)14-6(3-23)10(20)13-5(11(21)22)2-8(17)18/h4-6,23H,1-3,12H2,(H,13,20)(H,14,19)(H,15,16)(H,17,18)(H,21,22). The number of carboxylic acid groups (broad SMARTS) is 3. The highest BCUT2D eigenvalue weighted by atomic mass is 32.1. The fourth-order valence-corrected chi connectivity index (χ4v) is 1.66. The van der Waals surface area contributed by atoms with Crippen LogP contribution in [0.2, 0.25) is 0 Å². The lowest BCUT2D eigenvalue weighted by Crippen LogP contribution is -2.55. The Kier molecular flexibility index (Phi) is 8.65. The summed E-state index contributed by atoms with van der Waals surface area (Å²) in [5.41, 5.74) is 5.32. The van der Waals surface area contributed by atoms with Gasteiger partial charge in [-0.1, -0.05) is 0 Å². The maximum atomic E-state index is 11.9. The molecule has 0 saturated carbocycles. The van der Waals surface area contributed by atoms with Gasteiger partial charge in [-0.05, 0) is 0 Å². The van der Waals surface area contributed by atoms with E-state index in [0.717, 1.165) is 0 Å². The van der Waals surface area contributed by atoms with E-state index in [1.807, 2.05) is 5.32 Å². The molecule has 0 bridgehead atoms. The van der Waals surface area contributed by atoms with E-state index in [4.69, 9.17) is 21.1 Å². The van der Waals surface area contributed by atoms with Crippen molar-refractivity contribution in [3.63, 3.8) is 0 Å². The number of nitrogens with one attached hydrogen (secondary N) is 2. The van der Waals surface area contributed by atoms with Crippen LogP contribution in [0.1, 0.15) is 12.8 Å². The van der Waals surface area contributed by atoms with Crippen molar-refractivity contribution in [1.82, 2.24) is 10.6 Å². The molecule has 0 heterocycles. The third-order valence-electron chi connectivity index (χ3n) is 2.54. The maximum absolute atomic E-state index is 11.9. The molecule has 7 N–H and O–H groups in total. The third kappa shape index (κ3) is 8.01. The molecule has 2 amide bonds. The minimum Gasteiger partial charge on any atom is -0.481 e. The van der Waals surface area contributed by atoms with Gasteiger partial charge in [-0.3, -0.25) is 19.2 Å². The number of hydrogen-bond donors (Lipinski definition) is 7. The predicted molar refractivity (Wildman–Crippen MR) is 77.8 cm³/mol. The van der Waals surface area contributed by atoms with Crippen molar-refractivity contribution in [3.8, 4) is 0 Å². The molecule has 3 unspecified atom stereocenters. The quantitative estimate of drug-likeness (QED) is 0.204. The molecule has 0 saturated heterocycles. The van der Waals surface area contributed by atoms with E-state index in [1.165, 1.54) is 0 Å². The molecular formula is C11H17N3O8S. The van der Waals surface area contributed by atoms with Crippen LogP contribution in [0.25, 0.3) is 0 Å². The van der Waals surface area contributed by atoms with Crippen molar-refractivity contribution in [2.45, 2.75) is 31.0 Å². The Bertz CT molecular complexity index is 498. The first-order valence-electron chi connectivity index (χ1n) is 6.22. The Morgan fingerprint density at radius 2 is 1.35 bits per heavy atom. The molecule has 0 rings (SSSR count). The fraction of sp³-hybridized carbons (Fsp3) is 0.545. The maximum Gasteiger partial charge on any atom is 0.326 e. The van der Waals surface area contributed by atoms with Gasteiger partial charge in [0.25, 0.3) is 0 Å². The van der Waals surface area contributed by atoms with Gasteiger partial charge in [-0.25, -0.2) is 4.79 Å². The Labute approximate surface area is 135 Å². The van der Waals surface area contributed by atoms with Crippen LogP contribution in [0.5, 0.6) is 0 Å². The lowest BCUT2D eigenvalue weighted by atomic mass is 10.1. The largest absolute Gasteiger partial charge is 0.481 e. The molecule has 12 heteroatoms. The highest BCUT2D eigenvalue weighted by molar-refractivity contribution is 7.80. The monoisotopic (exact) mass is 351 g/mol. The summed E-state index contributed by atoms with van der Waals surface area (Å²) in [6.07, 6.45) is -1.52. The molecule has 0 aromatic heterocycles. The van der Waals surface area contributed by atoms with Crippen molar-refractivity contribution in [3.05, 3.63) is 0 Å². The molecule has 0 aliphatic heterocycles. The molecule has 23 heavy (non-hydrogen) atoms. The first-order valence-corrected chi connectivity index (χ1v) is 6.85. The molecule has 130 valence electrons. The summed E-state index contributed by atoms with van der Waals surface area (Å²) < 4.78 is 0. The summed E-state index contributed by atoms with van der Waals surface area (Å²) in [5.74, 6) is -6.47. The van der Waals surface area contributed by atoms with Crippen LogP contribution in [-0.4, -0.2) is 68.9 Å². The number of hydrogen-bond acceptors (Lipinski definition) is 7. The number of amides is 2. The average Bonchev–Trinajstić information content (AvgIpc) is 2.41. The van der Waals surface area contributed by atoms with E-state index in [1.54, 1.807) is 0 Å². The van der Waals surface area contributed by atoms with Crippen molar-refractivity contribution >= 4 is 42.4 Å². The number of rotatable bonds is 10. The molecule has 0 aromatic carbocycles. The van der Waals surface area contributed by atoms with Gasteiger partial charge in [0.1, 0.15) is 12.1 Å².